The normalized spacial score (nSPS) is 12.7. The molecule has 1 aliphatic rings. The van der Waals surface area contributed by atoms with Gasteiger partial charge < -0.3 is 23.7 Å². The van der Waals surface area contributed by atoms with Crippen molar-refractivity contribution in [2.45, 2.75) is 19.6 Å². The van der Waals surface area contributed by atoms with Gasteiger partial charge in [-0.1, -0.05) is 6.07 Å². The van der Waals surface area contributed by atoms with Crippen LogP contribution in [0.5, 0.6) is 17.2 Å². The number of halogens is 1. The Kier molecular flexibility index (Phi) is 5.58. The van der Waals surface area contributed by atoms with E-state index in [2.05, 4.69) is 0 Å². The van der Waals surface area contributed by atoms with Gasteiger partial charge in [-0.2, -0.15) is 0 Å². The standard InChI is InChI=1S/C19H19FO6/c1-22-16-4-3-12(17(8-16)23-2)7-18(21)25-10-14-6-15(20)5-13-9-24-11-26-19(13)14/h3-6,8H,7,9-11H2,1-2H3. The van der Waals surface area contributed by atoms with Crippen molar-refractivity contribution in [2.24, 2.45) is 0 Å². The summed E-state index contributed by atoms with van der Waals surface area (Å²) in [5.41, 5.74) is 1.74. The molecule has 0 fully saturated rings. The molecule has 1 aliphatic heterocycles. The lowest BCUT2D eigenvalue weighted by atomic mass is 10.1. The van der Waals surface area contributed by atoms with Crippen LogP contribution in [0.1, 0.15) is 16.7 Å². The number of hydrogen-bond acceptors (Lipinski definition) is 6. The van der Waals surface area contributed by atoms with Gasteiger partial charge in [0.1, 0.15) is 29.7 Å². The molecule has 0 amide bonds. The molecule has 26 heavy (non-hydrogen) atoms. The van der Waals surface area contributed by atoms with Crippen LogP contribution in [-0.2, 0) is 33.9 Å². The first-order chi connectivity index (χ1) is 12.6. The van der Waals surface area contributed by atoms with Crippen LogP contribution < -0.4 is 14.2 Å². The Bertz CT molecular complexity index is 805. The first kappa shape index (κ1) is 18.0. The lowest BCUT2D eigenvalue weighted by Gasteiger charge is -2.20. The van der Waals surface area contributed by atoms with Crippen LogP contribution in [0.25, 0.3) is 0 Å². The van der Waals surface area contributed by atoms with Gasteiger partial charge in [-0.3, -0.25) is 4.79 Å². The molecular weight excluding hydrogens is 343 g/mol. The zero-order valence-corrected chi connectivity index (χ0v) is 14.5. The molecule has 6 nitrogen and oxygen atoms in total. The van der Waals surface area contributed by atoms with Crippen molar-refractivity contribution < 1.29 is 32.9 Å². The molecule has 0 spiro atoms. The third-order valence-corrected chi connectivity index (χ3v) is 3.97. The summed E-state index contributed by atoms with van der Waals surface area (Å²) >= 11 is 0. The van der Waals surface area contributed by atoms with Crippen LogP contribution in [-0.4, -0.2) is 27.0 Å². The SMILES string of the molecule is COc1ccc(CC(=O)OCc2cc(F)cc3c2OCOC3)c(OC)c1. The Morgan fingerprint density at radius 2 is 2.00 bits per heavy atom. The summed E-state index contributed by atoms with van der Waals surface area (Å²) in [5.74, 6) is 0.779. The highest BCUT2D eigenvalue weighted by Gasteiger charge is 2.18. The van der Waals surface area contributed by atoms with Crippen LogP contribution in [0.3, 0.4) is 0 Å². The van der Waals surface area contributed by atoms with Gasteiger partial charge in [0.05, 0.1) is 27.2 Å². The molecule has 0 bridgehead atoms. The van der Waals surface area contributed by atoms with E-state index in [0.29, 0.717) is 33.9 Å². The van der Waals surface area contributed by atoms with Gasteiger partial charge in [-0.15, -0.1) is 0 Å². The van der Waals surface area contributed by atoms with Gasteiger partial charge in [0.15, 0.2) is 6.79 Å². The number of benzene rings is 2. The second kappa shape index (κ2) is 8.05. The summed E-state index contributed by atoms with van der Waals surface area (Å²) in [5, 5.41) is 0. The third-order valence-electron chi connectivity index (χ3n) is 3.97. The summed E-state index contributed by atoms with van der Waals surface area (Å²) in [7, 11) is 3.07. The molecule has 0 saturated heterocycles. The minimum Gasteiger partial charge on any atom is -0.497 e. The van der Waals surface area contributed by atoms with E-state index in [1.54, 1.807) is 25.3 Å². The average Bonchev–Trinajstić information content (AvgIpc) is 2.66. The maximum atomic E-state index is 13.7. The van der Waals surface area contributed by atoms with Crippen LogP contribution >= 0.6 is 0 Å². The average molecular weight is 362 g/mol. The van der Waals surface area contributed by atoms with Gasteiger partial charge in [0.2, 0.25) is 0 Å². The van der Waals surface area contributed by atoms with Gasteiger partial charge in [-0.25, -0.2) is 4.39 Å². The summed E-state index contributed by atoms with van der Waals surface area (Å²) in [4.78, 5) is 12.2. The van der Waals surface area contributed by atoms with Crippen LogP contribution in [0, 0.1) is 5.82 Å². The number of carbonyl (C=O) groups is 1. The van der Waals surface area contributed by atoms with Gasteiger partial charge in [-0.05, 0) is 18.2 Å². The fraction of sp³-hybridized carbons (Fsp3) is 0.316. The number of ether oxygens (including phenoxy) is 5. The molecule has 0 N–H and O–H groups in total. The number of hydrogen-bond donors (Lipinski definition) is 0. The lowest BCUT2D eigenvalue weighted by molar-refractivity contribution is -0.144. The van der Waals surface area contributed by atoms with E-state index < -0.39 is 11.8 Å². The monoisotopic (exact) mass is 362 g/mol. The number of fused-ring (bicyclic) bond motifs is 1. The van der Waals surface area contributed by atoms with Crippen molar-refractivity contribution in [1.82, 2.24) is 0 Å². The minimum absolute atomic E-state index is 0.0225. The predicted octanol–water partition coefficient (Wildman–Crippen LogP) is 3.00. The zero-order valence-electron chi connectivity index (χ0n) is 14.5. The van der Waals surface area contributed by atoms with Crippen molar-refractivity contribution >= 4 is 5.97 Å². The molecule has 0 aliphatic carbocycles. The van der Waals surface area contributed by atoms with E-state index in [-0.39, 0.29) is 26.4 Å². The van der Waals surface area contributed by atoms with Gasteiger partial charge >= 0.3 is 5.97 Å². The number of rotatable bonds is 6. The second-order valence-electron chi connectivity index (χ2n) is 5.68. The topological polar surface area (TPSA) is 63.2 Å². The van der Waals surface area contributed by atoms with E-state index in [9.17, 15) is 9.18 Å². The molecule has 0 radical (unpaired) electrons. The lowest BCUT2D eigenvalue weighted by Crippen LogP contribution is -2.15. The van der Waals surface area contributed by atoms with Crippen LogP contribution in [0.2, 0.25) is 0 Å². The Morgan fingerprint density at radius 3 is 2.77 bits per heavy atom. The van der Waals surface area contributed by atoms with Crippen molar-refractivity contribution in [3.8, 4) is 17.2 Å². The number of methoxy groups -OCH3 is 2. The maximum absolute atomic E-state index is 13.7. The fourth-order valence-corrected chi connectivity index (χ4v) is 2.73. The van der Waals surface area contributed by atoms with E-state index >= 15 is 0 Å². The molecule has 0 unspecified atom stereocenters. The van der Waals surface area contributed by atoms with E-state index in [1.807, 2.05) is 0 Å². The second-order valence-corrected chi connectivity index (χ2v) is 5.68. The van der Waals surface area contributed by atoms with Crippen molar-refractivity contribution in [3.63, 3.8) is 0 Å². The van der Waals surface area contributed by atoms with Crippen molar-refractivity contribution in [1.29, 1.82) is 0 Å². The number of carbonyl (C=O) groups excluding carboxylic acids is 1. The molecule has 7 heteroatoms. The van der Waals surface area contributed by atoms with E-state index in [0.717, 1.165) is 0 Å². The molecule has 2 aromatic rings. The molecule has 1 heterocycles. The Labute approximate surface area is 150 Å². The summed E-state index contributed by atoms with van der Waals surface area (Å²) in [6, 6.07) is 7.82. The highest BCUT2D eigenvalue weighted by atomic mass is 19.1. The van der Waals surface area contributed by atoms with E-state index in [4.69, 9.17) is 23.7 Å². The molecular formula is C19H19FO6. The summed E-state index contributed by atoms with van der Waals surface area (Å²) < 4.78 is 40.0. The molecule has 3 rings (SSSR count). The van der Waals surface area contributed by atoms with Crippen molar-refractivity contribution in [2.75, 3.05) is 21.0 Å². The van der Waals surface area contributed by atoms with Gasteiger partial charge in [0.25, 0.3) is 0 Å². The minimum atomic E-state index is -0.460. The maximum Gasteiger partial charge on any atom is 0.310 e. The number of esters is 1. The summed E-state index contributed by atoms with van der Waals surface area (Å²) in [6.45, 7) is 0.261. The Morgan fingerprint density at radius 1 is 1.15 bits per heavy atom. The largest absolute Gasteiger partial charge is 0.497 e. The first-order valence-corrected chi connectivity index (χ1v) is 7.99. The smallest absolute Gasteiger partial charge is 0.310 e. The zero-order chi connectivity index (χ0) is 18.5. The van der Waals surface area contributed by atoms with Gasteiger partial charge in [0, 0.05) is 22.8 Å². The Balaban J connectivity index is 1.68. The quantitative estimate of drug-likeness (QED) is 0.736. The predicted molar refractivity (Wildman–Crippen MR) is 89.7 cm³/mol. The van der Waals surface area contributed by atoms with Crippen LogP contribution in [0.15, 0.2) is 30.3 Å². The summed E-state index contributed by atoms with van der Waals surface area (Å²) in [6.07, 6.45) is 0.0225. The molecule has 2 aromatic carbocycles. The Hall–Kier alpha value is -2.80. The highest BCUT2D eigenvalue weighted by Crippen LogP contribution is 2.30. The first-order valence-electron chi connectivity index (χ1n) is 7.99. The molecule has 138 valence electrons. The van der Waals surface area contributed by atoms with Crippen LogP contribution in [0.4, 0.5) is 4.39 Å². The van der Waals surface area contributed by atoms with Crippen molar-refractivity contribution in [3.05, 3.63) is 52.8 Å². The third kappa shape index (κ3) is 4.05. The fourth-order valence-electron chi connectivity index (χ4n) is 2.73. The van der Waals surface area contributed by atoms with E-state index in [1.165, 1.54) is 19.2 Å². The molecule has 0 aromatic heterocycles. The highest BCUT2D eigenvalue weighted by molar-refractivity contribution is 5.74. The molecule has 0 saturated carbocycles. The molecule has 0 atom stereocenters.